The van der Waals surface area contributed by atoms with Crippen LogP contribution in [0.3, 0.4) is 0 Å². The Labute approximate surface area is 125 Å². The highest BCUT2D eigenvalue weighted by atomic mass is 16.6. The molecule has 1 amide bonds. The fourth-order valence-corrected chi connectivity index (χ4v) is 2.82. The molecule has 5 nitrogen and oxygen atoms in total. The van der Waals surface area contributed by atoms with Crippen LogP contribution >= 0.6 is 0 Å². The van der Waals surface area contributed by atoms with Gasteiger partial charge in [-0.2, -0.15) is 0 Å². The van der Waals surface area contributed by atoms with Gasteiger partial charge < -0.3 is 14.4 Å². The van der Waals surface area contributed by atoms with Crippen LogP contribution in [0.5, 0.6) is 0 Å². The average Bonchev–Trinajstić information content (AvgIpc) is 2.44. The number of hydrogen-bond donors (Lipinski definition) is 0. The summed E-state index contributed by atoms with van der Waals surface area (Å²) < 4.78 is 10.7. The summed E-state index contributed by atoms with van der Waals surface area (Å²) in [4.78, 5) is 16.4. The van der Waals surface area contributed by atoms with Crippen LogP contribution in [0, 0.1) is 0 Å². The van der Waals surface area contributed by atoms with Crippen molar-refractivity contribution in [2.24, 2.45) is 0 Å². The Morgan fingerprint density at radius 3 is 2.67 bits per heavy atom. The van der Waals surface area contributed by atoms with Crippen molar-refractivity contribution >= 4 is 6.09 Å². The van der Waals surface area contributed by atoms with Crippen molar-refractivity contribution in [3.63, 3.8) is 0 Å². The van der Waals surface area contributed by atoms with Crippen molar-refractivity contribution in [2.75, 3.05) is 32.8 Å². The van der Waals surface area contributed by atoms with E-state index < -0.39 is 0 Å². The van der Waals surface area contributed by atoms with E-state index in [1.165, 1.54) is 0 Å². The fourth-order valence-electron chi connectivity index (χ4n) is 2.82. The van der Waals surface area contributed by atoms with Crippen LogP contribution in [0.2, 0.25) is 0 Å². The van der Waals surface area contributed by atoms with E-state index in [0.29, 0.717) is 12.6 Å². The molecule has 0 bridgehead atoms. The second-order valence-electron chi connectivity index (χ2n) is 5.77. The molecule has 5 heteroatoms. The molecule has 21 heavy (non-hydrogen) atoms. The highest BCUT2D eigenvalue weighted by molar-refractivity contribution is 5.68. The highest BCUT2D eigenvalue weighted by Gasteiger charge is 2.34. The summed E-state index contributed by atoms with van der Waals surface area (Å²) in [7, 11) is 0. The van der Waals surface area contributed by atoms with E-state index in [1.54, 1.807) is 0 Å². The van der Waals surface area contributed by atoms with E-state index in [9.17, 15) is 4.79 Å². The molecular weight excluding hydrogens is 268 g/mol. The number of nitrogens with zero attached hydrogens (tertiary/aromatic N) is 2. The lowest BCUT2D eigenvalue weighted by molar-refractivity contribution is -0.0829. The zero-order valence-electron chi connectivity index (χ0n) is 12.4. The number of carbonyl (C=O) groups excluding carboxylic acids is 1. The average molecular weight is 290 g/mol. The molecule has 3 rings (SSSR count). The molecule has 2 saturated heterocycles. The molecule has 0 radical (unpaired) electrons. The topological polar surface area (TPSA) is 42.0 Å². The predicted molar refractivity (Wildman–Crippen MR) is 79.0 cm³/mol. The molecule has 2 fully saturated rings. The number of hydrogen-bond acceptors (Lipinski definition) is 4. The summed E-state index contributed by atoms with van der Waals surface area (Å²) >= 11 is 0. The summed E-state index contributed by atoms with van der Waals surface area (Å²) in [6.45, 7) is 6.59. The second kappa shape index (κ2) is 6.45. The summed E-state index contributed by atoms with van der Waals surface area (Å²) in [5.41, 5.74) is 1.02. The third kappa shape index (κ3) is 3.36. The molecule has 2 aliphatic heterocycles. The second-order valence-corrected chi connectivity index (χ2v) is 5.77. The number of rotatable bonds is 3. The Balaban J connectivity index is 1.48. The molecule has 0 aromatic heterocycles. The summed E-state index contributed by atoms with van der Waals surface area (Å²) in [6.07, 6.45) is -0.212. The first-order valence-electron chi connectivity index (χ1n) is 7.53. The van der Waals surface area contributed by atoms with Gasteiger partial charge in [-0.1, -0.05) is 30.3 Å². The van der Waals surface area contributed by atoms with Crippen molar-refractivity contribution in [3.05, 3.63) is 35.9 Å². The van der Waals surface area contributed by atoms with Gasteiger partial charge in [0.2, 0.25) is 0 Å². The molecule has 0 spiro atoms. The third-order valence-corrected chi connectivity index (χ3v) is 4.24. The molecule has 2 aliphatic rings. The molecule has 114 valence electrons. The zero-order chi connectivity index (χ0) is 14.7. The van der Waals surface area contributed by atoms with Crippen molar-refractivity contribution in [1.29, 1.82) is 0 Å². The van der Waals surface area contributed by atoms with Gasteiger partial charge in [0.1, 0.15) is 6.61 Å². The Bertz CT molecular complexity index is 476. The molecular formula is C16H22N2O3. The van der Waals surface area contributed by atoms with Crippen LogP contribution in [-0.2, 0) is 16.1 Å². The Hall–Kier alpha value is -1.59. The van der Waals surface area contributed by atoms with Gasteiger partial charge in [-0.15, -0.1) is 0 Å². The lowest BCUT2D eigenvalue weighted by atomic mass is 10.1. The first kappa shape index (κ1) is 14.4. The molecule has 0 unspecified atom stereocenters. The number of ether oxygens (including phenoxy) is 2. The SMILES string of the molecule is C[C@@H]1CN(C2COC2)CCN1C(=O)OCc1ccccc1. The van der Waals surface area contributed by atoms with Crippen molar-refractivity contribution in [1.82, 2.24) is 9.80 Å². The predicted octanol–water partition coefficient (Wildman–Crippen LogP) is 1.73. The van der Waals surface area contributed by atoms with Gasteiger partial charge in [-0.05, 0) is 12.5 Å². The molecule has 1 aromatic rings. The minimum Gasteiger partial charge on any atom is -0.445 e. The molecule has 0 aliphatic carbocycles. The first-order valence-corrected chi connectivity index (χ1v) is 7.53. The molecule has 1 aromatic carbocycles. The maximum Gasteiger partial charge on any atom is 0.410 e. The molecule has 0 saturated carbocycles. The smallest absolute Gasteiger partial charge is 0.410 e. The van der Waals surface area contributed by atoms with Crippen LogP contribution in [0.25, 0.3) is 0 Å². The highest BCUT2D eigenvalue weighted by Crippen LogP contribution is 2.18. The largest absolute Gasteiger partial charge is 0.445 e. The fraction of sp³-hybridized carbons (Fsp3) is 0.562. The van der Waals surface area contributed by atoms with Gasteiger partial charge in [0.15, 0.2) is 0 Å². The van der Waals surface area contributed by atoms with Gasteiger partial charge in [0.05, 0.1) is 19.3 Å². The molecule has 2 heterocycles. The standard InChI is InChI=1S/C16H22N2O3/c1-13-9-17(15-11-20-12-15)7-8-18(13)16(19)21-10-14-5-3-2-4-6-14/h2-6,13,15H,7-12H2,1H3/t13-/m1/s1. The van der Waals surface area contributed by atoms with E-state index in [-0.39, 0.29) is 12.1 Å². The Morgan fingerprint density at radius 2 is 2.05 bits per heavy atom. The van der Waals surface area contributed by atoms with Gasteiger partial charge in [0.25, 0.3) is 0 Å². The van der Waals surface area contributed by atoms with Gasteiger partial charge in [-0.25, -0.2) is 4.79 Å². The normalized spacial score (nSPS) is 23.7. The Kier molecular flexibility index (Phi) is 4.41. The van der Waals surface area contributed by atoms with Crippen LogP contribution in [-0.4, -0.2) is 60.8 Å². The van der Waals surface area contributed by atoms with E-state index in [4.69, 9.17) is 9.47 Å². The van der Waals surface area contributed by atoms with E-state index in [1.807, 2.05) is 35.2 Å². The summed E-state index contributed by atoms with van der Waals surface area (Å²) in [6, 6.07) is 10.5. The molecule has 1 atom stereocenters. The van der Waals surface area contributed by atoms with Crippen molar-refractivity contribution in [3.8, 4) is 0 Å². The summed E-state index contributed by atoms with van der Waals surface area (Å²) in [5, 5.41) is 0. The Morgan fingerprint density at radius 1 is 1.29 bits per heavy atom. The van der Waals surface area contributed by atoms with E-state index in [0.717, 1.165) is 38.4 Å². The minimum absolute atomic E-state index is 0.183. The van der Waals surface area contributed by atoms with Gasteiger partial charge >= 0.3 is 6.09 Å². The number of benzene rings is 1. The van der Waals surface area contributed by atoms with Crippen LogP contribution in [0.1, 0.15) is 12.5 Å². The van der Waals surface area contributed by atoms with Crippen LogP contribution in [0.4, 0.5) is 4.79 Å². The summed E-state index contributed by atoms with van der Waals surface area (Å²) in [5.74, 6) is 0. The van der Waals surface area contributed by atoms with Gasteiger partial charge in [-0.3, -0.25) is 4.90 Å². The van der Waals surface area contributed by atoms with Gasteiger partial charge in [0, 0.05) is 25.7 Å². The van der Waals surface area contributed by atoms with E-state index in [2.05, 4.69) is 11.8 Å². The quantitative estimate of drug-likeness (QED) is 0.850. The first-order chi connectivity index (χ1) is 10.2. The molecule has 0 N–H and O–H groups in total. The maximum atomic E-state index is 12.2. The zero-order valence-corrected chi connectivity index (χ0v) is 12.4. The van der Waals surface area contributed by atoms with Crippen molar-refractivity contribution < 1.29 is 14.3 Å². The lowest BCUT2D eigenvalue weighted by Crippen LogP contribution is -2.60. The minimum atomic E-state index is -0.212. The van der Waals surface area contributed by atoms with Crippen LogP contribution in [0.15, 0.2) is 30.3 Å². The van der Waals surface area contributed by atoms with E-state index >= 15 is 0 Å². The monoisotopic (exact) mass is 290 g/mol. The van der Waals surface area contributed by atoms with Crippen LogP contribution < -0.4 is 0 Å². The van der Waals surface area contributed by atoms with Crippen molar-refractivity contribution in [2.45, 2.75) is 25.6 Å². The maximum absolute atomic E-state index is 12.2. The number of amides is 1. The number of piperazine rings is 1. The number of carbonyl (C=O) groups is 1. The third-order valence-electron chi connectivity index (χ3n) is 4.24. The lowest BCUT2D eigenvalue weighted by Gasteiger charge is -2.45.